The van der Waals surface area contributed by atoms with E-state index in [-0.39, 0.29) is 10.6 Å². The van der Waals surface area contributed by atoms with Gasteiger partial charge in [0, 0.05) is 6.07 Å². The molecule has 0 unspecified atom stereocenters. The molecule has 3 rings (SSSR count). The van der Waals surface area contributed by atoms with Crippen molar-refractivity contribution in [3.63, 3.8) is 0 Å². The topological polar surface area (TPSA) is 75.7 Å². The molecule has 0 saturated carbocycles. The van der Waals surface area contributed by atoms with Crippen molar-refractivity contribution in [3.05, 3.63) is 64.6 Å². The van der Waals surface area contributed by atoms with Crippen molar-refractivity contribution in [1.29, 1.82) is 0 Å². The molecule has 0 aromatic heterocycles. The van der Waals surface area contributed by atoms with E-state index >= 15 is 0 Å². The number of carbonyl (C=O) groups is 3. The summed E-state index contributed by atoms with van der Waals surface area (Å²) < 4.78 is 31.6. The van der Waals surface area contributed by atoms with Crippen LogP contribution in [0, 0.1) is 11.6 Å². The summed E-state index contributed by atoms with van der Waals surface area (Å²) in [5, 5.41) is 1.60. The van der Waals surface area contributed by atoms with Gasteiger partial charge in [0.05, 0.1) is 17.7 Å². The minimum Gasteiger partial charge on any atom is -0.497 e. The maximum absolute atomic E-state index is 13.6. The number of hydrogen-bond donors (Lipinski definition) is 1. The monoisotopic (exact) mass is 404 g/mol. The minimum absolute atomic E-state index is 0.152. The van der Waals surface area contributed by atoms with Gasteiger partial charge in [-0.2, -0.15) is 0 Å². The van der Waals surface area contributed by atoms with Crippen molar-refractivity contribution in [1.82, 2.24) is 4.90 Å². The molecular formula is C19H14F2N2O4S. The highest BCUT2D eigenvalue weighted by molar-refractivity contribution is 8.18. The maximum Gasteiger partial charge on any atom is 0.294 e. The van der Waals surface area contributed by atoms with E-state index in [0.717, 1.165) is 17.0 Å². The van der Waals surface area contributed by atoms with Crippen LogP contribution >= 0.6 is 11.8 Å². The number of carbonyl (C=O) groups excluding carboxylic acids is 3. The van der Waals surface area contributed by atoms with Crippen LogP contribution in [0.1, 0.15) is 5.56 Å². The quantitative estimate of drug-likeness (QED) is 0.770. The lowest BCUT2D eigenvalue weighted by Gasteiger charge is -2.12. The van der Waals surface area contributed by atoms with Crippen LogP contribution in [0.15, 0.2) is 47.4 Å². The van der Waals surface area contributed by atoms with Gasteiger partial charge >= 0.3 is 0 Å². The number of methoxy groups -OCH3 is 1. The van der Waals surface area contributed by atoms with E-state index in [9.17, 15) is 23.2 Å². The highest BCUT2D eigenvalue weighted by Crippen LogP contribution is 2.32. The van der Waals surface area contributed by atoms with Gasteiger partial charge in [0.2, 0.25) is 5.91 Å². The first-order valence-corrected chi connectivity index (χ1v) is 8.83. The molecule has 3 amide bonds. The average molecular weight is 404 g/mol. The highest BCUT2D eigenvalue weighted by atomic mass is 32.2. The molecule has 1 fully saturated rings. The Hall–Kier alpha value is -3.20. The Morgan fingerprint density at radius 2 is 2.00 bits per heavy atom. The van der Waals surface area contributed by atoms with Gasteiger partial charge in [0.25, 0.3) is 11.1 Å². The molecule has 1 aliphatic rings. The molecule has 1 heterocycles. The van der Waals surface area contributed by atoms with Crippen LogP contribution < -0.4 is 10.1 Å². The third-order valence-electron chi connectivity index (χ3n) is 3.77. The van der Waals surface area contributed by atoms with Crippen molar-refractivity contribution >= 4 is 40.6 Å². The second-order valence-electron chi connectivity index (χ2n) is 5.72. The Morgan fingerprint density at radius 3 is 2.71 bits per heavy atom. The van der Waals surface area contributed by atoms with Crippen LogP contribution in [0.4, 0.5) is 19.3 Å². The molecule has 2 aromatic carbocycles. The number of rotatable bonds is 5. The van der Waals surface area contributed by atoms with Gasteiger partial charge in [-0.05, 0) is 47.7 Å². The van der Waals surface area contributed by atoms with Crippen molar-refractivity contribution in [2.24, 2.45) is 0 Å². The molecule has 0 aliphatic carbocycles. The van der Waals surface area contributed by atoms with Crippen molar-refractivity contribution < 1.29 is 27.9 Å². The summed E-state index contributed by atoms with van der Waals surface area (Å²) in [6.07, 6.45) is 1.52. The number of halogens is 2. The second kappa shape index (κ2) is 8.22. The Labute approximate surface area is 163 Å². The number of ether oxygens (including phenoxy) is 1. The summed E-state index contributed by atoms with van der Waals surface area (Å²) in [4.78, 5) is 37.6. The lowest BCUT2D eigenvalue weighted by molar-refractivity contribution is -0.127. The lowest BCUT2D eigenvalue weighted by Crippen LogP contribution is -2.36. The molecule has 0 spiro atoms. The number of amides is 3. The fourth-order valence-corrected chi connectivity index (χ4v) is 3.28. The van der Waals surface area contributed by atoms with Gasteiger partial charge in [-0.25, -0.2) is 8.78 Å². The van der Waals surface area contributed by atoms with Crippen LogP contribution in [0.25, 0.3) is 6.08 Å². The largest absolute Gasteiger partial charge is 0.497 e. The molecule has 0 atom stereocenters. The first-order chi connectivity index (χ1) is 13.4. The van der Waals surface area contributed by atoms with E-state index in [2.05, 4.69) is 5.32 Å². The predicted molar refractivity (Wildman–Crippen MR) is 101 cm³/mol. The van der Waals surface area contributed by atoms with Crippen LogP contribution in [-0.4, -0.2) is 35.6 Å². The first kappa shape index (κ1) is 19.6. The maximum atomic E-state index is 13.6. The molecule has 1 aliphatic heterocycles. The highest BCUT2D eigenvalue weighted by Gasteiger charge is 2.36. The van der Waals surface area contributed by atoms with Crippen LogP contribution in [0.5, 0.6) is 5.75 Å². The normalized spacial score (nSPS) is 15.2. The average Bonchev–Trinajstić information content (AvgIpc) is 2.91. The summed E-state index contributed by atoms with van der Waals surface area (Å²) in [6.45, 7) is -0.586. The number of anilines is 1. The Morgan fingerprint density at radius 1 is 1.21 bits per heavy atom. The molecule has 6 nitrogen and oxygen atoms in total. The third kappa shape index (κ3) is 4.37. The number of benzene rings is 2. The number of hydrogen-bond acceptors (Lipinski definition) is 5. The van der Waals surface area contributed by atoms with E-state index in [1.165, 1.54) is 13.2 Å². The smallest absolute Gasteiger partial charge is 0.294 e. The zero-order valence-electron chi connectivity index (χ0n) is 14.6. The van der Waals surface area contributed by atoms with Gasteiger partial charge < -0.3 is 10.1 Å². The molecule has 9 heteroatoms. The molecule has 0 bridgehead atoms. The SMILES string of the molecule is COc1cccc(C=C2SC(=O)N(CC(=O)Nc3ccc(F)cc3F)C2=O)c1. The van der Waals surface area contributed by atoms with Crippen molar-refractivity contribution in [3.8, 4) is 5.75 Å². The summed E-state index contributed by atoms with van der Waals surface area (Å²) in [7, 11) is 1.51. The molecule has 144 valence electrons. The second-order valence-corrected chi connectivity index (χ2v) is 6.71. The Bertz CT molecular complexity index is 994. The van der Waals surface area contributed by atoms with E-state index in [4.69, 9.17) is 4.74 Å². The zero-order chi connectivity index (χ0) is 20.3. The Balaban J connectivity index is 1.71. The van der Waals surface area contributed by atoms with Gasteiger partial charge in [0.1, 0.15) is 23.9 Å². The number of nitrogens with one attached hydrogen (secondary N) is 1. The lowest BCUT2D eigenvalue weighted by atomic mass is 10.2. The standard InChI is InChI=1S/C19H14F2N2O4S/c1-27-13-4-2-3-11(7-13)8-16-18(25)23(19(26)28-16)10-17(24)22-15-6-5-12(20)9-14(15)21/h2-9H,10H2,1H3,(H,22,24). The fraction of sp³-hybridized carbons (Fsp3) is 0.105. The first-order valence-electron chi connectivity index (χ1n) is 8.01. The van der Waals surface area contributed by atoms with Gasteiger partial charge in [-0.3, -0.25) is 19.3 Å². The molecule has 1 saturated heterocycles. The van der Waals surface area contributed by atoms with Crippen LogP contribution in [0.3, 0.4) is 0 Å². The molecule has 0 radical (unpaired) electrons. The molecule has 2 aromatic rings. The minimum atomic E-state index is -0.958. The van der Waals surface area contributed by atoms with E-state index in [1.54, 1.807) is 24.3 Å². The van der Waals surface area contributed by atoms with Crippen LogP contribution in [-0.2, 0) is 9.59 Å². The predicted octanol–water partition coefficient (Wildman–Crippen LogP) is 3.65. The van der Waals surface area contributed by atoms with Gasteiger partial charge in [-0.15, -0.1) is 0 Å². The van der Waals surface area contributed by atoms with Crippen LogP contribution in [0.2, 0.25) is 0 Å². The number of imide groups is 1. The summed E-state index contributed by atoms with van der Waals surface area (Å²) in [6, 6.07) is 9.56. The zero-order valence-corrected chi connectivity index (χ0v) is 15.4. The van der Waals surface area contributed by atoms with Gasteiger partial charge in [-0.1, -0.05) is 12.1 Å². The van der Waals surface area contributed by atoms with E-state index < -0.39 is 35.2 Å². The summed E-state index contributed by atoms with van der Waals surface area (Å²) >= 11 is 0.698. The number of nitrogens with zero attached hydrogens (tertiary/aromatic N) is 1. The Kier molecular flexibility index (Phi) is 5.74. The molecule has 1 N–H and O–H groups in total. The fourth-order valence-electron chi connectivity index (χ4n) is 2.44. The third-order valence-corrected chi connectivity index (χ3v) is 4.68. The van der Waals surface area contributed by atoms with E-state index in [0.29, 0.717) is 29.1 Å². The number of thioether (sulfide) groups is 1. The summed E-state index contributed by atoms with van der Waals surface area (Å²) in [5.41, 5.74) is 0.410. The van der Waals surface area contributed by atoms with Crippen molar-refractivity contribution in [2.75, 3.05) is 19.0 Å². The van der Waals surface area contributed by atoms with E-state index in [1.807, 2.05) is 0 Å². The summed E-state index contributed by atoms with van der Waals surface area (Å²) in [5.74, 6) is -2.57. The van der Waals surface area contributed by atoms with Gasteiger partial charge in [0.15, 0.2) is 0 Å². The molecular weight excluding hydrogens is 390 g/mol. The van der Waals surface area contributed by atoms with Crippen molar-refractivity contribution in [2.45, 2.75) is 0 Å². The molecule has 28 heavy (non-hydrogen) atoms.